The molecule has 2 heterocycles. The van der Waals surface area contributed by atoms with E-state index in [-0.39, 0.29) is 0 Å². The topological polar surface area (TPSA) is 64.5 Å². The first-order valence-electron chi connectivity index (χ1n) is 7.03. The molecular formula is C15H18BrN3O2. The number of hydrogen-bond donors (Lipinski definition) is 1. The Balaban J connectivity index is 1.66. The molecule has 1 aromatic carbocycles. The van der Waals surface area contributed by atoms with Crippen LogP contribution in [0.5, 0.6) is 0 Å². The lowest BCUT2D eigenvalue weighted by molar-refractivity contribution is 0.0384. The molecule has 1 fully saturated rings. The van der Waals surface area contributed by atoms with Crippen molar-refractivity contribution < 1.29 is 9.26 Å². The lowest BCUT2D eigenvalue weighted by Gasteiger charge is -2.26. The van der Waals surface area contributed by atoms with Gasteiger partial charge in [0.1, 0.15) is 5.69 Å². The van der Waals surface area contributed by atoms with Crippen LogP contribution in [0.4, 0.5) is 5.88 Å². The Kier molecular flexibility index (Phi) is 4.57. The van der Waals surface area contributed by atoms with Gasteiger partial charge in [0.05, 0.1) is 13.2 Å². The van der Waals surface area contributed by atoms with Crippen LogP contribution in [0.2, 0.25) is 0 Å². The summed E-state index contributed by atoms with van der Waals surface area (Å²) < 4.78 is 11.4. The summed E-state index contributed by atoms with van der Waals surface area (Å²) in [7, 11) is 0. The average molecular weight is 352 g/mol. The number of rotatable bonds is 4. The zero-order chi connectivity index (χ0) is 14.7. The first-order chi connectivity index (χ1) is 10.2. The molecule has 0 bridgehead atoms. The van der Waals surface area contributed by atoms with E-state index in [1.807, 2.05) is 0 Å². The highest BCUT2D eigenvalue weighted by Gasteiger charge is 2.12. The third-order valence-corrected chi connectivity index (χ3v) is 4.42. The molecule has 2 N–H and O–H groups in total. The zero-order valence-corrected chi connectivity index (χ0v) is 13.3. The zero-order valence-electron chi connectivity index (χ0n) is 11.7. The second kappa shape index (κ2) is 6.60. The Morgan fingerprint density at radius 3 is 2.71 bits per heavy atom. The number of nitrogens with zero attached hydrogens (tertiary/aromatic N) is 2. The number of hydrogen-bond acceptors (Lipinski definition) is 5. The smallest absolute Gasteiger partial charge is 0.222 e. The van der Waals surface area contributed by atoms with Gasteiger partial charge in [-0.2, -0.15) is 0 Å². The van der Waals surface area contributed by atoms with Crippen molar-refractivity contribution in [2.75, 3.05) is 38.6 Å². The van der Waals surface area contributed by atoms with E-state index in [0.717, 1.165) is 55.0 Å². The molecule has 1 aliphatic rings. The number of ether oxygens (including phenoxy) is 1. The van der Waals surface area contributed by atoms with Crippen molar-refractivity contribution in [1.29, 1.82) is 0 Å². The van der Waals surface area contributed by atoms with Crippen LogP contribution in [0.3, 0.4) is 0 Å². The monoisotopic (exact) mass is 351 g/mol. The fourth-order valence-corrected chi connectivity index (χ4v) is 3.02. The van der Waals surface area contributed by atoms with Crippen LogP contribution >= 0.6 is 15.9 Å². The second-order valence-electron chi connectivity index (χ2n) is 5.12. The molecule has 0 amide bonds. The van der Waals surface area contributed by atoms with Crippen LogP contribution in [0.25, 0.3) is 11.3 Å². The van der Waals surface area contributed by atoms with Crippen LogP contribution in [-0.2, 0) is 11.2 Å². The van der Waals surface area contributed by atoms with Gasteiger partial charge in [0, 0.05) is 35.7 Å². The molecule has 0 unspecified atom stereocenters. The third-order valence-electron chi connectivity index (χ3n) is 3.68. The summed E-state index contributed by atoms with van der Waals surface area (Å²) in [5.41, 5.74) is 8.61. The molecule has 112 valence electrons. The molecule has 0 saturated carbocycles. The van der Waals surface area contributed by atoms with E-state index >= 15 is 0 Å². The quantitative estimate of drug-likeness (QED) is 0.916. The van der Waals surface area contributed by atoms with Gasteiger partial charge >= 0.3 is 0 Å². The molecule has 2 aromatic rings. The molecule has 0 spiro atoms. The predicted molar refractivity (Wildman–Crippen MR) is 85.0 cm³/mol. The summed E-state index contributed by atoms with van der Waals surface area (Å²) in [5, 5.41) is 3.93. The van der Waals surface area contributed by atoms with Crippen LogP contribution < -0.4 is 5.73 Å². The molecule has 3 rings (SSSR count). The minimum atomic E-state index is 0.331. The first kappa shape index (κ1) is 14.6. The molecule has 1 saturated heterocycles. The normalized spacial score (nSPS) is 16.2. The lowest BCUT2D eigenvalue weighted by Crippen LogP contribution is -2.37. The molecule has 1 aromatic heterocycles. The van der Waals surface area contributed by atoms with E-state index in [1.54, 1.807) is 6.07 Å². The molecule has 6 heteroatoms. The number of nitrogens with two attached hydrogens (primary N) is 1. The largest absolute Gasteiger partial charge is 0.379 e. The van der Waals surface area contributed by atoms with Gasteiger partial charge in [0.25, 0.3) is 0 Å². The fourth-order valence-electron chi connectivity index (χ4n) is 2.44. The first-order valence-corrected chi connectivity index (χ1v) is 7.83. The number of halogens is 1. The number of morpholine rings is 1. The van der Waals surface area contributed by atoms with Crippen molar-refractivity contribution in [2.45, 2.75) is 6.42 Å². The number of nitrogen functional groups attached to an aromatic ring is 1. The second-order valence-corrected chi connectivity index (χ2v) is 5.98. The van der Waals surface area contributed by atoms with Gasteiger partial charge in [-0.05, 0) is 18.1 Å². The van der Waals surface area contributed by atoms with Crippen molar-refractivity contribution in [3.8, 4) is 11.3 Å². The van der Waals surface area contributed by atoms with E-state index < -0.39 is 0 Å². The summed E-state index contributed by atoms with van der Waals surface area (Å²) in [6, 6.07) is 7.97. The molecule has 5 nitrogen and oxygen atoms in total. The Morgan fingerprint density at radius 1 is 1.24 bits per heavy atom. The van der Waals surface area contributed by atoms with Crippen molar-refractivity contribution in [3.05, 3.63) is 34.3 Å². The van der Waals surface area contributed by atoms with Gasteiger partial charge in [0.2, 0.25) is 5.88 Å². The van der Waals surface area contributed by atoms with Crippen molar-refractivity contribution in [1.82, 2.24) is 10.1 Å². The highest BCUT2D eigenvalue weighted by atomic mass is 79.9. The van der Waals surface area contributed by atoms with Crippen LogP contribution in [-0.4, -0.2) is 42.9 Å². The van der Waals surface area contributed by atoms with E-state index in [9.17, 15) is 0 Å². The van der Waals surface area contributed by atoms with E-state index in [0.29, 0.717) is 5.88 Å². The minimum absolute atomic E-state index is 0.331. The van der Waals surface area contributed by atoms with Gasteiger partial charge in [-0.1, -0.05) is 33.2 Å². The van der Waals surface area contributed by atoms with Crippen molar-refractivity contribution >= 4 is 21.8 Å². The van der Waals surface area contributed by atoms with E-state index in [1.165, 1.54) is 5.56 Å². The molecule has 0 atom stereocenters. The van der Waals surface area contributed by atoms with E-state index in [4.69, 9.17) is 15.0 Å². The maximum atomic E-state index is 5.56. The maximum Gasteiger partial charge on any atom is 0.222 e. The summed E-state index contributed by atoms with van der Waals surface area (Å²) in [6.07, 6.45) is 1.02. The summed E-state index contributed by atoms with van der Waals surface area (Å²) in [4.78, 5) is 2.43. The molecule has 21 heavy (non-hydrogen) atoms. The predicted octanol–water partition coefficient (Wildman–Crippen LogP) is 2.56. The average Bonchev–Trinajstić information content (AvgIpc) is 2.93. The Morgan fingerprint density at radius 2 is 2.05 bits per heavy atom. The maximum absolute atomic E-state index is 5.56. The third kappa shape index (κ3) is 3.64. The van der Waals surface area contributed by atoms with Gasteiger partial charge in [0.15, 0.2) is 0 Å². The highest BCUT2D eigenvalue weighted by Crippen LogP contribution is 2.26. The lowest BCUT2D eigenvalue weighted by atomic mass is 10.1. The van der Waals surface area contributed by atoms with Gasteiger partial charge in [-0.25, -0.2) is 0 Å². The summed E-state index contributed by atoms with van der Waals surface area (Å²) in [5.74, 6) is 0.331. The van der Waals surface area contributed by atoms with Crippen molar-refractivity contribution in [2.24, 2.45) is 0 Å². The summed E-state index contributed by atoms with van der Waals surface area (Å²) in [6.45, 7) is 4.78. The van der Waals surface area contributed by atoms with E-state index in [2.05, 4.69) is 44.2 Å². The molecular weight excluding hydrogens is 334 g/mol. The standard InChI is InChI=1S/C15H18BrN3O2/c16-13-9-12(14-10-15(17)21-18-14)2-1-11(13)3-4-19-5-7-20-8-6-19/h1-2,9-10H,3-8,17H2. The summed E-state index contributed by atoms with van der Waals surface area (Å²) >= 11 is 3.64. The number of benzene rings is 1. The number of anilines is 1. The van der Waals surface area contributed by atoms with Gasteiger partial charge in [-0.3, -0.25) is 4.90 Å². The molecule has 0 radical (unpaired) electrons. The van der Waals surface area contributed by atoms with Crippen molar-refractivity contribution in [3.63, 3.8) is 0 Å². The SMILES string of the molecule is Nc1cc(-c2ccc(CCN3CCOCC3)c(Br)c2)no1. The van der Waals surface area contributed by atoms with Crippen LogP contribution in [0.1, 0.15) is 5.56 Å². The molecule has 1 aliphatic heterocycles. The minimum Gasteiger partial charge on any atom is -0.379 e. The highest BCUT2D eigenvalue weighted by molar-refractivity contribution is 9.10. The fraction of sp³-hybridized carbons (Fsp3) is 0.400. The van der Waals surface area contributed by atoms with Crippen LogP contribution in [0, 0.1) is 0 Å². The number of aromatic nitrogens is 1. The Hall–Kier alpha value is -1.37. The molecule has 0 aliphatic carbocycles. The van der Waals surface area contributed by atoms with Gasteiger partial charge < -0.3 is 15.0 Å². The Labute approximate surface area is 132 Å². The van der Waals surface area contributed by atoms with Gasteiger partial charge in [-0.15, -0.1) is 0 Å². The van der Waals surface area contributed by atoms with Crippen LogP contribution in [0.15, 0.2) is 33.3 Å². The Bertz CT molecular complexity index is 609.